The van der Waals surface area contributed by atoms with Gasteiger partial charge < -0.3 is 9.32 Å². The second-order valence-electron chi connectivity index (χ2n) is 7.48. The van der Waals surface area contributed by atoms with Crippen molar-refractivity contribution in [2.75, 3.05) is 26.2 Å². The van der Waals surface area contributed by atoms with E-state index in [0.717, 1.165) is 17.7 Å². The van der Waals surface area contributed by atoms with Gasteiger partial charge in [0.2, 0.25) is 10.0 Å². The third-order valence-electron chi connectivity index (χ3n) is 5.29. The number of amides is 1. The Hall–Kier alpha value is -3.04. The molecule has 0 saturated carbocycles. The van der Waals surface area contributed by atoms with Gasteiger partial charge in [-0.05, 0) is 49.7 Å². The number of nitrogens with zero attached hydrogens (tertiary/aromatic N) is 2. The molecule has 0 radical (unpaired) electrons. The molecule has 2 heterocycles. The van der Waals surface area contributed by atoms with Crippen molar-refractivity contribution in [2.24, 2.45) is 0 Å². The van der Waals surface area contributed by atoms with Gasteiger partial charge in [-0.1, -0.05) is 11.6 Å². The standard InChI is InChI=1S/C22H21FN2O5S/c1-15-3-8-20-18(13-15)19(26)14-21(30-20)22(27)24-9-2-10-25(12-11-24)31(28,29)17-6-4-16(23)5-7-17/h3-8,13-14H,2,9-12H2,1H3. The molecule has 1 saturated heterocycles. The van der Waals surface area contributed by atoms with Crippen molar-refractivity contribution in [2.45, 2.75) is 18.2 Å². The van der Waals surface area contributed by atoms with Gasteiger partial charge in [-0.2, -0.15) is 4.31 Å². The molecule has 9 heteroatoms. The summed E-state index contributed by atoms with van der Waals surface area (Å²) < 4.78 is 45.8. The zero-order valence-electron chi connectivity index (χ0n) is 16.9. The van der Waals surface area contributed by atoms with Crippen molar-refractivity contribution >= 4 is 26.9 Å². The van der Waals surface area contributed by atoms with Crippen molar-refractivity contribution < 1.29 is 22.0 Å². The molecule has 2 aromatic carbocycles. The zero-order valence-corrected chi connectivity index (χ0v) is 17.7. The molecule has 0 spiro atoms. The number of carbonyl (C=O) groups is 1. The van der Waals surface area contributed by atoms with E-state index >= 15 is 0 Å². The lowest BCUT2D eigenvalue weighted by Gasteiger charge is -2.21. The molecule has 1 amide bonds. The number of benzene rings is 2. The molecular weight excluding hydrogens is 423 g/mol. The quantitative estimate of drug-likeness (QED) is 0.620. The van der Waals surface area contributed by atoms with Gasteiger partial charge in [-0.3, -0.25) is 9.59 Å². The van der Waals surface area contributed by atoms with Crippen LogP contribution in [0.1, 0.15) is 22.5 Å². The van der Waals surface area contributed by atoms with E-state index in [9.17, 15) is 22.4 Å². The van der Waals surface area contributed by atoms with Crippen molar-refractivity contribution in [3.63, 3.8) is 0 Å². The van der Waals surface area contributed by atoms with Gasteiger partial charge in [0.1, 0.15) is 11.4 Å². The zero-order chi connectivity index (χ0) is 22.2. The topological polar surface area (TPSA) is 87.9 Å². The van der Waals surface area contributed by atoms with Gasteiger partial charge >= 0.3 is 0 Å². The number of rotatable bonds is 3. The highest BCUT2D eigenvalue weighted by molar-refractivity contribution is 7.89. The molecule has 3 aromatic rings. The molecule has 0 bridgehead atoms. The summed E-state index contributed by atoms with van der Waals surface area (Å²) >= 11 is 0. The smallest absolute Gasteiger partial charge is 0.289 e. The first-order valence-corrected chi connectivity index (χ1v) is 11.3. The van der Waals surface area contributed by atoms with E-state index in [-0.39, 0.29) is 35.7 Å². The summed E-state index contributed by atoms with van der Waals surface area (Å²) in [6, 6.07) is 11.0. The van der Waals surface area contributed by atoms with Crippen LogP contribution in [0, 0.1) is 12.7 Å². The van der Waals surface area contributed by atoms with Gasteiger partial charge in [0.25, 0.3) is 5.91 Å². The molecule has 1 aromatic heterocycles. The van der Waals surface area contributed by atoms with Crippen LogP contribution < -0.4 is 5.43 Å². The summed E-state index contributed by atoms with van der Waals surface area (Å²) in [5.41, 5.74) is 0.939. The first-order chi connectivity index (χ1) is 14.8. The first-order valence-electron chi connectivity index (χ1n) is 9.85. The van der Waals surface area contributed by atoms with E-state index < -0.39 is 21.7 Å². The lowest BCUT2D eigenvalue weighted by Crippen LogP contribution is -2.37. The molecule has 0 unspecified atom stereocenters. The van der Waals surface area contributed by atoms with Crippen molar-refractivity contribution in [3.8, 4) is 0 Å². The Bertz CT molecular complexity index is 1300. The molecule has 1 aliphatic rings. The van der Waals surface area contributed by atoms with E-state index in [0.29, 0.717) is 23.9 Å². The van der Waals surface area contributed by atoms with E-state index in [4.69, 9.17) is 4.42 Å². The fourth-order valence-electron chi connectivity index (χ4n) is 3.62. The summed E-state index contributed by atoms with van der Waals surface area (Å²) in [6.07, 6.45) is 0.420. The molecule has 0 N–H and O–H groups in total. The number of hydrogen-bond acceptors (Lipinski definition) is 5. The minimum atomic E-state index is -3.80. The van der Waals surface area contributed by atoms with Crippen molar-refractivity contribution in [1.29, 1.82) is 0 Å². The maximum atomic E-state index is 13.1. The summed E-state index contributed by atoms with van der Waals surface area (Å²) in [5.74, 6) is -1.05. The van der Waals surface area contributed by atoms with Crippen LogP contribution in [0.15, 0.2) is 62.6 Å². The highest BCUT2D eigenvalue weighted by Gasteiger charge is 2.29. The highest BCUT2D eigenvalue weighted by Crippen LogP contribution is 2.20. The molecule has 7 nitrogen and oxygen atoms in total. The molecule has 162 valence electrons. The van der Waals surface area contributed by atoms with Gasteiger partial charge in [0, 0.05) is 32.2 Å². The number of sulfonamides is 1. The average molecular weight is 444 g/mol. The Morgan fingerprint density at radius 2 is 1.74 bits per heavy atom. The van der Waals surface area contributed by atoms with Crippen LogP contribution in [-0.4, -0.2) is 49.7 Å². The molecule has 1 aliphatic heterocycles. The van der Waals surface area contributed by atoms with E-state index in [1.807, 2.05) is 6.92 Å². The number of fused-ring (bicyclic) bond motifs is 1. The third kappa shape index (κ3) is 4.24. The van der Waals surface area contributed by atoms with Crippen LogP contribution in [-0.2, 0) is 10.0 Å². The molecular formula is C22H21FN2O5S. The molecule has 31 heavy (non-hydrogen) atoms. The normalized spacial score (nSPS) is 15.7. The fraction of sp³-hybridized carbons (Fsp3) is 0.273. The fourth-order valence-corrected chi connectivity index (χ4v) is 5.09. The second-order valence-corrected chi connectivity index (χ2v) is 9.42. The molecule has 0 aliphatic carbocycles. The van der Waals surface area contributed by atoms with E-state index in [1.54, 1.807) is 18.2 Å². The summed E-state index contributed by atoms with van der Waals surface area (Å²) in [7, 11) is -3.80. The monoisotopic (exact) mass is 444 g/mol. The van der Waals surface area contributed by atoms with Crippen LogP contribution in [0.3, 0.4) is 0 Å². The van der Waals surface area contributed by atoms with Crippen LogP contribution in [0.25, 0.3) is 11.0 Å². The van der Waals surface area contributed by atoms with Crippen molar-refractivity contribution in [1.82, 2.24) is 9.21 Å². The lowest BCUT2D eigenvalue weighted by molar-refractivity contribution is 0.0733. The summed E-state index contributed by atoms with van der Waals surface area (Å²) in [6.45, 7) is 2.65. The summed E-state index contributed by atoms with van der Waals surface area (Å²) in [4.78, 5) is 26.9. The number of aryl methyl sites for hydroxylation is 1. The minimum Gasteiger partial charge on any atom is -0.451 e. The Morgan fingerprint density at radius 3 is 2.48 bits per heavy atom. The number of carbonyl (C=O) groups excluding carboxylic acids is 1. The van der Waals surface area contributed by atoms with Crippen LogP contribution in [0.5, 0.6) is 0 Å². The number of hydrogen-bond donors (Lipinski definition) is 0. The Labute approximate surface area is 178 Å². The van der Waals surface area contributed by atoms with E-state index in [2.05, 4.69) is 0 Å². The Balaban J connectivity index is 1.54. The SMILES string of the molecule is Cc1ccc2oc(C(=O)N3CCCN(S(=O)(=O)c4ccc(F)cc4)CC3)cc(=O)c2c1. The van der Waals surface area contributed by atoms with Gasteiger partial charge in [-0.25, -0.2) is 12.8 Å². The van der Waals surface area contributed by atoms with Gasteiger partial charge in [0.15, 0.2) is 11.2 Å². The maximum absolute atomic E-state index is 13.1. The second kappa shape index (κ2) is 8.24. The first kappa shape index (κ1) is 21.2. The maximum Gasteiger partial charge on any atom is 0.289 e. The Morgan fingerprint density at radius 1 is 1.00 bits per heavy atom. The minimum absolute atomic E-state index is 0.00416. The van der Waals surface area contributed by atoms with Crippen LogP contribution in [0.4, 0.5) is 4.39 Å². The molecule has 1 fully saturated rings. The Kier molecular flexibility index (Phi) is 5.63. The van der Waals surface area contributed by atoms with Crippen molar-refractivity contribution in [3.05, 3.63) is 75.9 Å². The van der Waals surface area contributed by atoms with Crippen LogP contribution >= 0.6 is 0 Å². The summed E-state index contributed by atoms with van der Waals surface area (Å²) in [5, 5.41) is 0.406. The molecule has 4 rings (SSSR count). The highest BCUT2D eigenvalue weighted by atomic mass is 32.2. The predicted molar refractivity (Wildman–Crippen MR) is 113 cm³/mol. The molecule has 0 atom stereocenters. The van der Waals surface area contributed by atoms with Gasteiger partial charge in [0.05, 0.1) is 10.3 Å². The largest absolute Gasteiger partial charge is 0.451 e. The predicted octanol–water partition coefficient (Wildman–Crippen LogP) is 2.78. The lowest BCUT2D eigenvalue weighted by atomic mass is 10.1. The average Bonchev–Trinajstić information content (AvgIpc) is 3.01. The van der Waals surface area contributed by atoms with Crippen LogP contribution in [0.2, 0.25) is 0 Å². The van der Waals surface area contributed by atoms with Gasteiger partial charge in [-0.15, -0.1) is 0 Å². The third-order valence-corrected chi connectivity index (χ3v) is 7.20. The number of halogens is 1. The van der Waals surface area contributed by atoms with E-state index in [1.165, 1.54) is 27.4 Å².